The molecule has 7 heteroatoms. The molecule has 0 heterocycles. The summed E-state index contributed by atoms with van der Waals surface area (Å²) < 4.78 is 0. The summed E-state index contributed by atoms with van der Waals surface area (Å²) in [5, 5.41) is 0. The van der Waals surface area contributed by atoms with Crippen LogP contribution in [0.3, 0.4) is 0 Å². The Bertz CT molecular complexity index is 9.65. The molecule has 40 valence electrons. The van der Waals surface area contributed by atoms with Crippen molar-refractivity contribution in [2.45, 2.75) is 0 Å². The molecule has 0 aromatic heterocycles. The average Bonchev–Trinajstić information content (AvgIpc) is 0. The molecule has 0 aliphatic heterocycles. The van der Waals surface area contributed by atoms with Gasteiger partial charge >= 0.3 is 68.2 Å². The van der Waals surface area contributed by atoms with Gasteiger partial charge in [0.15, 0.2) is 0 Å². The molecule has 0 atom stereocenters. The second-order valence-electron chi connectivity index (χ2n) is 0. The Labute approximate surface area is 120 Å². The van der Waals surface area contributed by atoms with Gasteiger partial charge in [0.1, 0.15) is 0 Å². The van der Waals surface area contributed by atoms with E-state index in [1.165, 1.54) is 0 Å². The van der Waals surface area contributed by atoms with Gasteiger partial charge in [-0.15, -0.1) is 0 Å². The maximum absolute atomic E-state index is 0. The summed E-state index contributed by atoms with van der Waals surface area (Å²) in [6.45, 7) is 0. The summed E-state index contributed by atoms with van der Waals surface area (Å²) in [5.41, 5.74) is 0. The molecule has 0 radical (unpaired) electrons. The van der Waals surface area contributed by atoms with E-state index in [0.29, 0.717) is 0 Å². The van der Waals surface area contributed by atoms with Crippen LogP contribution in [-0.4, -0.2) is 51.7 Å². The first-order chi connectivity index (χ1) is 0. The minimum atomic E-state index is 0. The van der Waals surface area contributed by atoms with Gasteiger partial charge in [0, 0.05) is 0 Å². The Kier molecular flexibility index (Phi) is 581. The summed E-state index contributed by atoms with van der Waals surface area (Å²) in [6.07, 6.45) is 0. The van der Waals surface area contributed by atoms with E-state index in [1.807, 2.05) is 0 Å². The largest absolute Gasteiger partial charge is 3.00 e. The van der Waals surface area contributed by atoms with Gasteiger partial charge in [-0.05, 0) is 0 Å². The van der Waals surface area contributed by atoms with E-state index >= 15 is 0 Å². The quantitative estimate of drug-likeness (QED) is 0.455. The molecular weight excluding hydrogens is 417 g/mol. The van der Waals surface area contributed by atoms with E-state index in [-0.39, 0.29) is 122 Å². The molecule has 0 amide bonds. The van der Waals surface area contributed by atoms with Crippen LogP contribution in [-0.2, 0) is 70.5 Å². The van der Waals surface area contributed by atoms with Crippen molar-refractivity contribution < 1.29 is 16.5 Å². The molecule has 7 heavy (non-hydrogen) atoms. The fourth-order valence-corrected chi connectivity index (χ4v) is 0. The predicted octanol–water partition coefficient (Wildman–Crippen LogP) is -0.774. The molecular formula is In2NiS4. The van der Waals surface area contributed by atoms with E-state index < -0.39 is 0 Å². The summed E-state index contributed by atoms with van der Waals surface area (Å²) >= 11 is 0. The third-order valence-corrected chi connectivity index (χ3v) is 0. The zero-order valence-electron chi connectivity index (χ0n) is 3.10. The number of hydrogen-bond donors (Lipinski definition) is 0. The molecule has 0 aliphatic rings. The van der Waals surface area contributed by atoms with Crippen LogP contribution < -0.4 is 0 Å². The zero-order chi connectivity index (χ0) is 0. The second-order valence-corrected chi connectivity index (χ2v) is 0. The maximum atomic E-state index is 0. The molecule has 0 bridgehead atoms. The standard InChI is InChI=1S/2In.Ni.4S/q2*+3;+2;4*-2. The Hall–Kier alpha value is 3.63. The molecule has 0 aromatic carbocycles. The Morgan fingerprint density at radius 3 is 0.429 bits per heavy atom. The first-order valence-corrected chi connectivity index (χ1v) is 0. The van der Waals surface area contributed by atoms with Crippen LogP contribution in [0.5, 0.6) is 0 Å². The van der Waals surface area contributed by atoms with Gasteiger partial charge in [0.25, 0.3) is 0 Å². The van der Waals surface area contributed by atoms with Crippen molar-refractivity contribution in [2.24, 2.45) is 0 Å². The van der Waals surface area contributed by atoms with Crippen molar-refractivity contribution in [2.75, 3.05) is 0 Å². The summed E-state index contributed by atoms with van der Waals surface area (Å²) in [4.78, 5) is 0. The zero-order valence-corrected chi connectivity index (χ0v) is 13.9. The van der Waals surface area contributed by atoms with Crippen molar-refractivity contribution >= 4 is 106 Å². The monoisotopic (exact) mass is 416 g/mol. The van der Waals surface area contributed by atoms with Crippen molar-refractivity contribution in [1.82, 2.24) is 0 Å². The fourth-order valence-electron chi connectivity index (χ4n) is 0. The van der Waals surface area contributed by atoms with E-state index in [9.17, 15) is 0 Å². The molecule has 0 N–H and O–H groups in total. The van der Waals surface area contributed by atoms with Crippen LogP contribution >= 0.6 is 0 Å². The van der Waals surface area contributed by atoms with Crippen molar-refractivity contribution in [3.63, 3.8) is 0 Å². The molecule has 0 nitrogen and oxygen atoms in total. The molecule has 0 spiro atoms. The minimum Gasteiger partial charge on any atom is -2.00 e. The van der Waals surface area contributed by atoms with Crippen LogP contribution in [0.15, 0.2) is 0 Å². The molecule has 0 saturated heterocycles. The van der Waals surface area contributed by atoms with Crippen LogP contribution in [0, 0.1) is 0 Å². The first kappa shape index (κ1) is 74.7. The van der Waals surface area contributed by atoms with Crippen LogP contribution in [0.1, 0.15) is 0 Å². The van der Waals surface area contributed by atoms with Crippen molar-refractivity contribution in [3.8, 4) is 0 Å². The number of hydrogen-bond acceptors (Lipinski definition) is 0. The van der Waals surface area contributed by atoms with Crippen LogP contribution in [0.25, 0.3) is 0 Å². The third-order valence-electron chi connectivity index (χ3n) is 0. The Morgan fingerprint density at radius 1 is 0.429 bits per heavy atom. The molecule has 0 aliphatic carbocycles. The summed E-state index contributed by atoms with van der Waals surface area (Å²) in [5.74, 6) is 0. The topological polar surface area (TPSA) is 0 Å². The van der Waals surface area contributed by atoms with Gasteiger partial charge in [-0.2, -0.15) is 0 Å². The van der Waals surface area contributed by atoms with E-state index in [2.05, 4.69) is 0 Å². The van der Waals surface area contributed by atoms with Gasteiger partial charge in [0.05, 0.1) is 0 Å². The first-order valence-electron chi connectivity index (χ1n) is 0. The second kappa shape index (κ2) is 54.4. The Morgan fingerprint density at radius 2 is 0.429 bits per heavy atom. The maximum Gasteiger partial charge on any atom is 3.00 e. The molecule has 0 aromatic rings. The van der Waals surface area contributed by atoms with Crippen molar-refractivity contribution in [1.29, 1.82) is 0 Å². The fraction of sp³-hybridized carbons (Fsp3) is 0. The predicted molar refractivity (Wildman–Crippen MR) is 41.0 cm³/mol. The third kappa shape index (κ3) is 42.5. The SMILES string of the molecule is [In+3].[In+3].[Ni+2].[S-2].[S-2].[S-2].[S-2]. The molecule has 0 rings (SSSR count). The van der Waals surface area contributed by atoms with Gasteiger partial charge in [0.2, 0.25) is 0 Å². The smallest absolute Gasteiger partial charge is 2.00 e. The number of rotatable bonds is 0. The van der Waals surface area contributed by atoms with Gasteiger partial charge in [-0.1, -0.05) is 0 Å². The van der Waals surface area contributed by atoms with Crippen LogP contribution in [0.2, 0.25) is 0 Å². The molecule has 0 fully saturated rings. The van der Waals surface area contributed by atoms with E-state index in [1.54, 1.807) is 0 Å². The van der Waals surface area contributed by atoms with Gasteiger partial charge < -0.3 is 54.0 Å². The van der Waals surface area contributed by atoms with Gasteiger partial charge in [-0.25, -0.2) is 0 Å². The molecule has 0 unspecified atom stereocenters. The minimum absolute atomic E-state index is 0. The molecule has 0 saturated carbocycles. The summed E-state index contributed by atoms with van der Waals surface area (Å²) in [6, 6.07) is 0. The summed E-state index contributed by atoms with van der Waals surface area (Å²) in [7, 11) is 0. The van der Waals surface area contributed by atoms with Crippen LogP contribution in [0.4, 0.5) is 0 Å². The Balaban J connectivity index is 0. The van der Waals surface area contributed by atoms with Gasteiger partial charge in [-0.3, -0.25) is 0 Å². The van der Waals surface area contributed by atoms with E-state index in [4.69, 9.17) is 0 Å². The van der Waals surface area contributed by atoms with Crippen molar-refractivity contribution in [3.05, 3.63) is 0 Å². The van der Waals surface area contributed by atoms with E-state index in [0.717, 1.165) is 0 Å². The average molecular weight is 417 g/mol. The normalized spacial score (nSPS) is 0.